The summed E-state index contributed by atoms with van der Waals surface area (Å²) in [4.78, 5) is 102. The Bertz CT molecular complexity index is 1500. The highest BCUT2D eigenvalue weighted by molar-refractivity contribution is 6.12. The number of imide groups is 1. The molecule has 298 valence electrons. The number of amides is 8. The van der Waals surface area contributed by atoms with Gasteiger partial charge in [0.05, 0.1) is 6.61 Å². The Balaban J connectivity index is 2.13. The lowest BCUT2D eigenvalue weighted by atomic mass is 10.0. The van der Waals surface area contributed by atoms with E-state index in [1.54, 1.807) is 58.9 Å². The second kappa shape index (κ2) is 22.0. The molecule has 0 saturated heterocycles. The third-order valence-corrected chi connectivity index (χ3v) is 8.15. The number of ether oxygens (including phenoxy) is 1. The first-order valence-electron chi connectivity index (χ1n) is 18.1. The maximum Gasteiger partial charge on any atom is 0.312 e. The Morgan fingerprint density at radius 1 is 0.796 bits per heavy atom. The number of hydrogen-bond acceptors (Lipinski definition) is 10. The molecular weight excluding hydrogens is 702 g/mol. The normalized spacial score (nSPS) is 14.2. The monoisotopic (exact) mass is 757 g/mol. The maximum absolute atomic E-state index is 13.7. The van der Waals surface area contributed by atoms with Crippen molar-refractivity contribution >= 4 is 53.1 Å². The van der Waals surface area contributed by atoms with Crippen LogP contribution in [0.3, 0.4) is 0 Å². The molecular formula is C37H55N7O10. The van der Waals surface area contributed by atoms with Crippen molar-refractivity contribution in [1.82, 2.24) is 26.2 Å². The molecule has 3 atom stereocenters. The number of primary amides is 1. The fraction of sp³-hybridized carbons (Fsp3) is 0.568. The summed E-state index contributed by atoms with van der Waals surface area (Å²) >= 11 is 0. The van der Waals surface area contributed by atoms with Gasteiger partial charge in [0.25, 0.3) is 11.8 Å². The van der Waals surface area contributed by atoms with Crippen molar-refractivity contribution in [2.75, 3.05) is 18.4 Å². The van der Waals surface area contributed by atoms with Crippen LogP contribution in [0.2, 0.25) is 0 Å². The molecule has 0 unspecified atom stereocenters. The molecule has 0 spiro atoms. The maximum atomic E-state index is 13.7. The highest BCUT2D eigenvalue weighted by Gasteiger charge is 2.32. The number of unbranched alkanes of at least 4 members (excludes halogenated alkanes) is 2. The number of carbonyl (C=O) groups is 8. The molecule has 17 nitrogen and oxygen atoms in total. The zero-order valence-electron chi connectivity index (χ0n) is 31.7. The Morgan fingerprint density at radius 2 is 1.43 bits per heavy atom. The van der Waals surface area contributed by atoms with Crippen molar-refractivity contribution in [2.24, 2.45) is 11.7 Å². The quantitative estimate of drug-likeness (QED) is 0.0507. The van der Waals surface area contributed by atoms with Gasteiger partial charge in [0.15, 0.2) is 0 Å². The third-order valence-electron chi connectivity index (χ3n) is 8.15. The molecule has 1 heterocycles. The molecule has 17 heteroatoms. The van der Waals surface area contributed by atoms with Crippen molar-refractivity contribution in [2.45, 2.75) is 116 Å². The highest BCUT2D eigenvalue weighted by atomic mass is 16.6. The number of aliphatic hydroxyl groups is 1. The number of hydrogen-bond donors (Lipinski definition) is 7. The van der Waals surface area contributed by atoms with Crippen LogP contribution >= 0.6 is 0 Å². The van der Waals surface area contributed by atoms with Gasteiger partial charge in [0.2, 0.25) is 23.6 Å². The van der Waals surface area contributed by atoms with Gasteiger partial charge in [-0.2, -0.15) is 0 Å². The van der Waals surface area contributed by atoms with Crippen LogP contribution in [0.1, 0.15) is 91.5 Å². The molecule has 0 aromatic heterocycles. The van der Waals surface area contributed by atoms with Gasteiger partial charge in [0, 0.05) is 43.8 Å². The van der Waals surface area contributed by atoms with E-state index in [0.717, 1.165) is 4.90 Å². The van der Waals surface area contributed by atoms with Gasteiger partial charge in [0.1, 0.15) is 23.7 Å². The molecule has 1 aliphatic rings. The van der Waals surface area contributed by atoms with E-state index in [2.05, 4.69) is 26.6 Å². The van der Waals surface area contributed by atoms with Crippen LogP contribution in [0, 0.1) is 5.92 Å². The first-order chi connectivity index (χ1) is 25.4. The number of aliphatic hydroxyl groups excluding tert-OH is 1. The number of nitrogens with two attached hydrogens (primary N) is 1. The minimum atomic E-state index is -1.22. The summed E-state index contributed by atoms with van der Waals surface area (Å²) in [6, 6.07) is 2.23. The number of rotatable bonds is 22. The molecule has 8 amide bonds. The van der Waals surface area contributed by atoms with E-state index >= 15 is 0 Å². The van der Waals surface area contributed by atoms with Crippen LogP contribution in [0.5, 0.6) is 0 Å². The largest absolute Gasteiger partial charge is 0.460 e. The molecule has 0 radical (unpaired) electrons. The topological polar surface area (TPSA) is 255 Å². The van der Waals surface area contributed by atoms with Gasteiger partial charge in [-0.3, -0.25) is 38.5 Å². The second-order valence-electron chi connectivity index (χ2n) is 14.3. The first-order valence-corrected chi connectivity index (χ1v) is 18.1. The van der Waals surface area contributed by atoms with Crippen LogP contribution in [0.25, 0.3) is 0 Å². The van der Waals surface area contributed by atoms with Gasteiger partial charge in [-0.25, -0.2) is 4.79 Å². The van der Waals surface area contributed by atoms with Gasteiger partial charge in [-0.1, -0.05) is 32.4 Å². The molecule has 1 aromatic rings. The van der Waals surface area contributed by atoms with E-state index in [0.29, 0.717) is 30.5 Å². The molecule has 0 aliphatic carbocycles. The average Bonchev–Trinajstić information content (AvgIpc) is 3.41. The summed E-state index contributed by atoms with van der Waals surface area (Å²) < 4.78 is 5.37. The van der Waals surface area contributed by atoms with E-state index in [-0.39, 0.29) is 63.6 Å². The Hall–Kier alpha value is -5.32. The predicted octanol–water partition coefficient (Wildman–Crippen LogP) is 1.28. The Kier molecular flexibility index (Phi) is 18.3. The van der Waals surface area contributed by atoms with Crippen molar-refractivity contribution in [3.05, 3.63) is 42.0 Å². The van der Waals surface area contributed by atoms with Gasteiger partial charge in [-0.15, -0.1) is 0 Å². The molecule has 8 N–H and O–H groups in total. The molecule has 0 bridgehead atoms. The SMILES string of the molecule is CC(C)[C@H](NC(=O)[C@H](CCC(=O)OC(C)(C)C)NC(=O)CCCCCN1C(=O)C=CC1=O)C(=O)N[C@@H](CCCNC(N)=O)C(=O)Nc1ccc(CO)cc1. The summed E-state index contributed by atoms with van der Waals surface area (Å²) in [7, 11) is 0. The number of carbonyl (C=O) groups excluding carboxylic acids is 8. The lowest BCUT2D eigenvalue weighted by Gasteiger charge is -2.27. The summed E-state index contributed by atoms with van der Waals surface area (Å²) in [6.45, 7) is 8.64. The van der Waals surface area contributed by atoms with Crippen molar-refractivity contribution < 1.29 is 48.2 Å². The predicted molar refractivity (Wildman–Crippen MR) is 198 cm³/mol. The van der Waals surface area contributed by atoms with Crippen LogP contribution in [-0.2, 0) is 44.9 Å². The van der Waals surface area contributed by atoms with E-state index in [4.69, 9.17) is 10.5 Å². The number of anilines is 1. The summed E-state index contributed by atoms with van der Waals surface area (Å²) in [5, 5.41) is 22.5. The zero-order chi connectivity index (χ0) is 40.4. The van der Waals surface area contributed by atoms with Crippen molar-refractivity contribution in [3.63, 3.8) is 0 Å². The smallest absolute Gasteiger partial charge is 0.312 e. The van der Waals surface area contributed by atoms with E-state index in [1.807, 2.05) is 0 Å². The minimum absolute atomic E-state index is 0.0224. The lowest BCUT2D eigenvalue weighted by molar-refractivity contribution is -0.155. The molecule has 0 fully saturated rings. The van der Waals surface area contributed by atoms with Crippen LogP contribution in [0.15, 0.2) is 36.4 Å². The molecule has 1 aromatic carbocycles. The number of urea groups is 1. The van der Waals surface area contributed by atoms with Crippen LogP contribution < -0.4 is 32.3 Å². The standard InChI is InChI=1S/C37H55N7O10/c1-23(2)32(35(52)42-26(10-9-20-39-36(38)53)33(50)40-25-14-12-24(22-45)13-15-25)43-34(51)27(16-19-31(49)54-37(3,4)5)41-28(46)11-7-6-8-21-44-29(47)17-18-30(44)48/h12-15,17-18,23,26-27,32,45H,6-11,16,19-22H2,1-5H3,(H,40,50)(H,41,46)(H,42,52)(H,43,51)(H3,38,39,53)/t26-,27-,32-/m0/s1. The number of esters is 1. The van der Waals surface area contributed by atoms with Crippen molar-refractivity contribution in [3.8, 4) is 0 Å². The summed E-state index contributed by atoms with van der Waals surface area (Å²) in [6.07, 6.45) is 3.87. The van der Waals surface area contributed by atoms with Crippen LogP contribution in [-0.4, -0.2) is 94.3 Å². The summed E-state index contributed by atoms with van der Waals surface area (Å²) in [5.74, 6) is -4.28. The van der Waals surface area contributed by atoms with Gasteiger partial charge >= 0.3 is 12.0 Å². The number of benzene rings is 1. The van der Waals surface area contributed by atoms with E-state index in [1.165, 1.54) is 12.2 Å². The number of nitrogens with zero attached hydrogens (tertiary/aromatic N) is 1. The number of nitrogens with one attached hydrogen (secondary N) is 5. The first kappa shape index (κ1) is 44.8. The molecule has 1 aliphatic heterocycles. The van der Waals surface area contributed by atoms with E-state index < -0.39 is 65.3 Å². The molecule has 2 rings (SSSR count). The molecule has 54 heavy (non-hydrogen) atoms. The summed E-state index contributed by atoms with van der Waals surface area (Å²) in [5.41, 5.74) is 5.42. The highest BCUT2D eigenvalue weighted by Crippen LogP contribution is 2.14. The second-order valence-corrected chi connectivity index (χ2v) is 14.3. The van der Waals surface area contributed by atoms with Crippen molar-refractivity contribution in [1.29, 1.82) is 0 Å². The van der Waals surface area contributed by atoms with Gasteiger partial charge < -0.3 is 42.2 Å². The average molecular weight is 758 g/mol. The third kappa shape index (κ3) is 16.6. The molecule has 0 saturated carbocycles. The minimum Gasteiger partial charge on any atom is -0.460 e. The zero-order valence-corrected chi connectivity index (χ0v) is 31.7. The Morgan fingerprint density at radius 3 is 2.00 bits per heavy atom. The van der Waals surface area contributed by atoms with E-state index in [9.17, 15) is 43.5 Å². The fourth-order valence-corrected chi connectivity index (χ4v) is 5.33. The fourth-order valence-electron chi connectivity index (χ4n) is 5.33. The lowest BCUT2D eigenvalue weighted by Crippen LogP contribution is -2.58. The Labute approximate surface area is 315 Å². The van der Waals surface area contributed by atoms with Gasteiger partial charge in [-0.05, 0) is 76.5 Å². The van der Waals surface area contributed by atoms with Crippen LogP contribution in [0.4, 0.5) is 10.5 Å².